The van der Waals surface area contributed by atoms with Crippen LogP contribution in [0.15, 0.2) is 59.7 Å². The smallest absolute Gasteiger partial charge is 0.271 e. The summed E-state index contributed by atoms with van der Waals surface area (Å²) in [7, 11) is 0. The maximum Gasteiger partial charge on any atom is 0.271 e. The van der Waals surface area contributed by atoms with E-state index in [0.29, 0.717) is 23.8 Å². The summed E-state index contributed by atoms with van der Waals surface area (Å²) in [5.74, 6) is 0.317. The Morgan fingerprint density at radius 1 is 1.06 bits per heavy atom. The van der Waals surface area contributed by atoms with Crippen LogP contribution in [0, 0.1) is 0 Å². The van der Waals surface area contributed by atoms with Crippen LogP contribution in [0.5, 0.6) is 11.5 Å². The second-order valence-electron chi connectivity index (χ2n) is 7.33. The number of ether oxygens (including phenoxy) is 1. The molecule has 1 amide bonds. The number of rotatable bonds is 7. The first-order valence-electron chi connectivity index (χ1n) is 9.77. The van der Waals surface area contributed by atoms with Gasteiger partial charge >= 0.3 is 0 Å². The number of amides is 1. The highest BCUT2D eigenvalue weighted by atomic mass is 35.5. The first-order chi connectivity index (χ1) is 15.3. The molecule has 0 unspecified atom stereocenters. The highest BCUT2D eigenvalue weighted by Gasteiger charge is 2.11. The van der Waals surface area contributed by atoms with Gasteiger partial charge in [0.05, 0.1) is 16.3 Å². The van der Waals surface area contributed by atoms with Crippen molar-refractivity contribution in [3.63, 3.8) is 0 Å². The van der Waals surface area contributed by atoms with Gasteiger partial charge in [0.1, 0.15) is 23.1 Å². The lowest BCUT2D eigenvalue weighted by Crippen LogP contribution is -2.17. The number of nitrogens with zero attached hydrogens (tertiary/aromatic N) is 1. The molecule has 0 bridgehead atoms. The van der Waals surface area contributed by atoms with E-state index in [4.69, 9.17) is 39.5 Å². The van der Waals surface area contributed by atoms with E-state index in [9.17, 15) is 9.90 Å². The molecular formula is C24H21Cl3N2O3. The summed E-state index contributed by atoms with van der Waals surface area (Å²) in [5, 5.41) is 13.9. The molecule has 0 heterocycles. The minimum absolute atomic E-state index is 0.0721. The van der Waals surface area contributed by atoms with Crippen LogP contribution < -0.4 is 10.2 Å². The summed E-state index contributed by atoms with van der Waals surface area (Å²) in [4.78, 5) is 12.1. The van der Waals surface area contributed by atoms with E-state index in [1.165, 1.54) is 30.0 Å². The Morgan fingerprint density at radius 2 is 1.78 bits per heavy atom. The van der Waals surface area contributed by atoms with E-state index in [0.717, 1.165) is 5.56 Å². The van der Waals surface area contributed by atoms with E-state index in [2.05, 4.69) is 36.5 Å². The van der Waals surface area contributed by atoms with Crippen molar-refractivity contribution in [1.29, 1.82) is 0 Å². The largest absolute Gasteiger partial charge is 0.506 e. The summed E-state index contributed by atoms with van der Waals surface area (Å²) in [5.41, 5.74) is 5.41. The van der Waals surface area contributed by atoms with Crippen molar-refractivity contribution in [1.82, 2.24) is 5.43 Å². The number of phenolic OH excluding ortho intramolecular Hbond substituents is 1. The van der Waals surface area contributed by atoms with Gasteiger partial charge in [0, 0.05) is 11.1 Å². The predicted molar refractivity (Wildman–Crippen MR) is 130 cm³/mol. The number of benzene rings is 3. The molecule has 3 aromatic rings. The molecule has 0 aliphatic heterocycles. The third-order valence-corrected chi connectivity index (χ3v) is 5.88. The van der Waals surface area contributed by atoms with Gasteiger partial charge in [-0.05, 0) is 47.4 Å². The van der Waals surface area contributed by atoms with Gasteiger partial charge < -0.3 is 9.84 Å². The minimum atomic E-state index is -0.492. The van der Waals surface area contributed by atoms with Crippen molar-refractivity contribution in [2.75, 3.05) is 0 Å². The molecule has 3 rings (SSSR count). The molecule has 0 fully saturated rings. The first kappa shape index (κ1) is 23.9. The van der Waals surface area contributed by atoms with Crippen molar-refractivity contribution in [2.24, 2.45) is 5.10 Å². The number of nitrogens with one attached hydrogen (secondary N) is 1. The van der Waals surface area contributed by atoms with E-state index in [-0.39, 0.29) is 26.4 Å². The lowest BCUT2D eigenvalue weighted by atomic mass is 10.0. The minimum Gasteiger partial charge on any atom is -0.506 e. The van der Waals surface area contributed by atoms with Gasteiger partial charge in [-0.3, -0.25) is 4.79 Å². The number of aromatic hydroxyl groups is 1. The number of hydrazone groups is 1. The summed E-state index contributed by atoms with van der Waals surface area (Å²) < 4.78 is 5.82. The quantitative estimate of drug-likeness (QED) is 0.281. The van der Waals surface area contributed by atoms with Crippen LogP contribution in [0.2, 0.25) is 15.1 Å². The van der Waals surface area contributed by atoms with Crippen LogP contribution in [0.1, 0.15) is 46.8 Å². The number of carbonyl (C=O) groups excluding carboxylic acids is 1. The van der Waals surface area contributed by atoms with Crippen molar-refractivity contribution >= 4 is 46.9 Å². The standard InChI is InChI=1S/C24H21Cl3N2O3/c1-14(2)16-5-3-15(4-6-16)13-32-21-10-8-18(22(26)23(21)27)12-28-29-24(31)17-7-9-20(30)19(25)11-17/h3-12,14,30H,13H2,1-2H3,(H,29,31)/b28-12+. The van der Waals surface area contributed by atoms with Crippen molar-refractivity contribution in [3.8, 4) is 11.5 Å². The van der Waals surface area contributed by atoms with Gasteiger partial charge in [-0.25, -0.2) is 5.43 Å². The Kier molecular flexibility index (Phi) is 8.02. The molecular weight excluding hydrogens is 471 g/mol. The molecule has 0 aromatic heterocycles. The van der Waals surface area contributed by atoms with Gasteiger partial charge in [-0.15, -0.1) is 0 Å². The average Bonchev–Trinajstić information content (AvgIpc) is 2.78. The average molecular weight is 492 g/mol. The van der Waals surface area contributed by atoms with Gasteiger partial charge in [0.25, 0.3) is 5.91 Å². The van der Waals surface area contributed by atoms with Crippen molar-refractivity contribution in [2.45, 2.75) is 26.4 Å². The normalized spacial score (nSPS) is 11.2. The monoisotopic (exact) mass is 490 g/mol. The Labute approximate surface area is 201 Å². The number of halogens is 3. The van der Waals surface area contributed by atoms with Gasteiger partial charge in [0.2, 0.25) is 0 Å². The second-order valence-corrected chi connectivity index (χ2v) is 8.49. The summed E-state index contributed by atoms with van der Waals surface area (Å²) >= 11 is 18.5. The van der Waals surface area contributed by atoms with Crippen LogP contribution in [-0.2, 0) is 6.61 Å². The fourth-order valence-corrected chi connectivity index (χ4v) is 3.40. The predicted octanol–water partition coefficient (Wildman–Crippen LogP) is 6.82. The Bertz CT molecular complexity index is 1150. The topological polar surface area (TPSA) is 70.9 Å². The molecule has 0 radical (unpaired) electrons. The molecule has 0 saturated heterocycles. The molecule has 3 aromatic carbocycles. The van der Waals surface area contributed by atoms with Crippen LogP contribution in [0.3, 0.4) is 0 Å². The molecule has 0 atom stereocenters. The number of hydrogen-bond donors (Lipinski definition) is 2. The lowest BCUT2D eigenvalue weighted by Gasteiger charge is -2.11. The molecule has 166 valence electrons. The maximum absolute atomic E-state index is 12.1. The molecule has 0 spiro atoms. The van der Waals surface area contributed by atoms with Crippen LogP contribution in [-0.4, -0.2) is 17.2 Å². The highest BCUT2D eigenvalue weighted by Crippen LogP contribution is 2.34. The molecule has 0 aliphatic rings. The van der Waals surface area contributed by atoms with E-state index >= 15 is 0 Å². The first-order valence-corrected chi connectivity index (χ1v) is 10.9. The van der Waals surface area contributed by atoms with Crippen LogP contribution in [0.4, 0.5) is 0 Å². The molecule has 0 aliphatic carbocycles. The SMILES string of the molecule is CC(C)c1ccc(COc2ccc(/C=N/NC(=O)c3ccc(O)c(Cl)c3)c(Cl)c2Cl)cc1. The summed E-state index contributed by atoms with van der Waals surface area (Å²) in [6.45, 7) is 4.65. The highest BCUT2D eigenvalue weighted by molar-refractivity contribution is 6.44. The maximum atomic E-state index is 12.1. The fraction of sp³-hybridized carbons (Fsp3) is 0.167. The molecule has 32 heavy (non-hydrogen) atoms. The van der Waals surface area contributed by atoms with E-state index in [1.807, 2.05) is 12.1 Å². The molecule has 2 N–H and O–H groups in total. The number of phenols is 1. The van der Waals surface area contributed by atoms with Crippen molar-refractivity contribution < 1.29 is 14.6 Å². The van der Waals surface area contributed by atoms with Gasteiger partial charge in [0.15, 0.2) is 0 Å². The Hall–Kier alpha value is -2.73. The summed E-state index contributed by atoms with van der Waals surface area (Å²) in [6.07, 6.45) is 1.38. The van der Waals surface area contributed by atoms with Gasteiger partial charge in [-0.2, -0.15) is 5.10 Å². The second kappa shape index (κ2) is 10.7. The van der Waals surface area contributed by atoms with Crippen LogP contribution >= 0.6 is 34.8 Å². The molecule has 0 saturated carbocycles. The zero-order chi connectivity index (χ0) is 23.3. The van der Waals surface area contributed by atoms with E-state index in [1.54, 1.807) is 12.1 Å². The third-order valence-electron chi connectivity index (χ3n) is 4.70. The number of hydrogen-bond acceptors (Lipinski definition) is 4. The third kappa shape index (κ3) is 5.94. The molecule has 8 heteroatoms. The Morgan fingerprint density at radius 3 is 2.44 bits per heavy atom. The van der Waals surface area contributed by atoms with Crippen LogP contribution in [0.25, 0.3) is 0 Å². The van der Waals surface area contributed by atoms with Crippen molar-refractivity contribution in [3.05, 3.63) is 91.9 Å². The molecule has 5 nitrogen and oxygen atoms in total. The zero-order valence-corrected chi connectivity index (χ0v) is 19.7. The zero-order valence-electron chi connectivity index (χ0n) is 17.4. The van der Waals surface area contributed by atoms with E-state index < -0.39 is 5.91 Å². The fourth-order valence-electron chi connectivity index (χ4n) is 2.79. The summed E-state index contributed by atoms with van der Waals surface area (Å²) in [6, 6.07) is 15.7. The number of carbonyl (C=O) groups is 1. The Balaban J connectivity index is 1.63. The van der Waals surface area contributed by atoms with Gasteiger partial charge in [-0.1, -0.05) is 72.9 Å². The lowest BCUT2D eigenvalue weighted by molar-refractivity contribution is 0.0955.